The van der Waals surface area contributed by atoms with Crippen LogP contribution in [0.1, 0.15) is 41.2 Å². The molecule has 1 amide bonds. The second-order valence-electron chi connectivity index (χ2n) is 7.61. The minimum atomic E-state index is -0.645. The summed E-state index contributed by atoms with van der Waals surface area (Å²) in [5.41, 5.74) is 7.85. The summed E-state index contributed by atoms with van der Waals surface area (Å²) in [4.78, 5) is 15.4. The van der Waals surface area contributed by atoms with E-state index < -0.39 is 11.9 Å². The van der Waals surface area contributed by atoms with Crippen molar-refractivity contribution in [2.45, 2.75) is 37.9 Å². The average molecular weight is 421 g/mol. The van der Waals surface area contributed by atoms with E-state index in [1.807, 2.05) is 18.2 Å². The van der Waals surface area contributed by atoms with Crippen LogP contribution in [0.2, 0.25) is 0 Å². The van der Waals surface area contributed by atoms with Crippen LogP contribution >= 0.6 is 0 Å². The first-order valence-corrected chi connectivity index (χ1v) is 10.1. The van der Waals surface area contributed by atoms with Crippen LogP contribution in [0.25, 0.3) is 0 Å². The number of anilines is 2. The van der Waals surface area contributed by atoms with Gasteiger partial charge in [0.25, 0.3) is 5.91 Å². The summed E-state index contributed by atoms with van der Waals surface area (Å²) in [6, 6.07) is 12.9. The lowest BCUT2D eigenvalue weighted by atomic mass is 9.89. The topological polar surface area (TPSA) is 122 Å². The van der Waals surface area contributed by atoms with E-state index in [4.69, 9.17) is 11.1 Å². The highest BCUT2D eigenvalue weighted by atomic mass is 19.1. The van der Waals surface area contributed by atoms with Crippen LogP contribution in [0.4, 0.5) is 15.9 Å². The summed E-state index contributed by atoms with van der Waals surface area (Å²) in [7, 11) is 0. The second kappa shape index (κ2) is 9.05. The Hall–Kier alpha value is -3.59. The number of carbonyl (C=O) groups is 1. The van der Waals surface area contributed by atoms with E-state index in [0.717, 1.165) is 13.0 Å². The Morgan fingerprint density at radius 3 is 2.77 bits per heavy atom. The van der Waals surface area contributed by atoms with E-state index in [2.05, 4.69) is 32.8 Å². The van der Waals surface area contributed by atoms with Crippen LogP contribution in [-0.4, -0.2) is 32.4 Å². The Morgan fingerprint density at radius 1 is 1.26 bits per heavy atom. The number of nitrogens with one attached hydrogen (secondary N) is 3. The third-order valence-corrected chi connectivity index (χ3v) is 5.40. The van der Waals surface area contributed by atoms with Crippen LogP contribution < -0.4 is 16.4 Å². The first kappa shape index (κ1) is 20.7. The summed E-state index contributed by atoms with van der Waals surface area (Å²) in [5.74, 6) is -1.06. The molecule has 4 rings (SSSR count). The predicted molar refractivity (Wildman–Crippen MR) is 116 cm³/mol. The van der Waals surface area contributed by atoms with Crippen LogP contribution in [0.3, 0.4) is 0 Å². The highest BCUT2D eigenvalue weighted by Gasteiger charge is 2.29. The number of hydrogen-bond acceptors (Lipinski definition) is 6. The van der Waals surface area contributed by atoms with Gasteiger partial charge in [-0.1, -0.05) is 30.3 Å². The van der Waals surface area contributed by atoms with E-state index in [1.54, 1.807) is 16.9 Å². The van der Waals surface area contributed by atoms with Gasteiger partial charge in [0, 0.05) is 48.9 Å². The van der Waals surface area contributed by atoms with E-state index in [1.165, 1.54) is 17.8 Å². The molecule has 1 aliphatic carbocycles. The third-order valence-electron chi connectivity index (χ3n) is 5.40. The van der Waals surface area contributed by atoms with Crippen LogP contribution in [0.15, 0.2) is 54.9 Å². The normalized spacial score (nSPS) is 18.7. The maximum absolute atomic E-state index is 13.4. The van der Waals surface area contributed by atoms with Gasteiger partial charge in [-0.3, -0.25) is 9.48 Å². The third kappa shape index (κ3) is 4.95. The molecule has 0 unspecified atom stereocenters. The lowest BCUT2D eigenvalue weighted by molar-refractivity contribution is 0.100. The van der Waals surface area contributed by atoms with Crippen molar-refractivity contribution in [2.24, 2.45) is 5.73 Å². The van der Waals surface area contributed by atoms with Crippen LogP contribution in [0, 0.1) is 11.4 Å². The van der Waals surface area contributed by atoms with Crippen molar-refractivity contribution in [3.63, 3.8) is 0 Å². The molecule has 1 aromatic carbocycles. The smallest absolute Gasteiger partial charge is 0.254 e. The Kier molecular flexibility index (Phi) is 6.03. The van der Waals surface area contributed by atoms with Gasteiger partial charge in [0.1, 0.15) is 5.56 Å². The number of amides is 1. The van der Waals surface area contributed by atoms with E-state index in [9.17, 15) is 9.18 Å². The highest BCUT2D eigenvalue weighted by Crippen LogP contribution is 2.28. The molecule has 0 bridgehead atoms. The Bertz CT molecular complexity index is 1080. The SMILES string of the molecule is N=C1C[C@@H](NCc2ccccc2)CC[C@@H]1n1cc(C(N)=O)c(Nc2ccnc(F)c2)n1. The summed E-state index contributed by atoms with van der Waals surface area (Å²) in [6.07, 6.45) is 5.07. The fourth-order valence-electron chi connectivity index (χ4n) is 3.80. The zero-order valence-electron chi connectivity index (χ0n) is 16.9. The Labute approximate surface area is 179 Å². The summed E-state index contributed by atoms with van der Waals surface area (Å²) in [6.45, 7) is 0.758. The lowest BCUT2D eigenvalue weighted by Gasteiger charge is -2.30. The van der Waals surface area contributed by atoms with Crippen molar-refractivity contribution in [2.75, 3.05) is 5.32 Å². The van der Waals surface area contributed by atoms with Crippen molar-refractivity contribution in [3.05, 3.63) is 71.9 Å². The molecule has 0 spiro atoms. The number of nitrogens with two attached hydrogens (primary N) is 1. The number of aromatic nitrogens is 3. The molecule has 0 aliphatic heterocycles. The number of halogens is 1. The quantitative estimate of drug-likeness (QED) is 0.437. The van der Waals surface area contributed by atoms with E-state index in [-0.39, 0.29) is 23.5 Å². The van der Waals surface area contributed by atoms with Gasteiger partial charge in [0.15, 0.2) is 5.82 Å². The molecule has 2 atom stereocenters. The highest BCUT2D eigenvalue weighted by molar-refractivity contribution is 5.98. The zero-order valence-corrected chi connectivity index (χ0v) is 16.9. The minimum absolute atomic E-state index is 0.189. The summed E-state index contributed by atoms with van der Waals surface area (Å²) in [5, 5.41) is 19.4. The largest absolute Gasteiger partial charge is 0.365 e. The monoisotopic (exact) mass is 421 g/mol. The van der Waals surface area contributed by atoms with Gasteiger partial charge in [-0.25, -0.2) is 4.98 Å². The molecule has 2 heterocycles. The van der Waals surface area contributed by atoms with Gasteiger partial charge in [-0.15, -0.1) is 0 Å². The van der Waals surface area contributed by atoms with Crippen molar-refractivity contribution >= 4 is 23.1 Å². The Balaban J connectivity index is 1.44. The number of rotatable bonds is 7. The fourth-order valence-corrected chi connectivity index (χ4v) is 3.80. The number of carbonyl (C=O) groups excluding carboxylic acids is 1. The van der Waals surface area contributed by atoms with E-state index >= 15 is 0 Å². The average Bonchev–Trinajstić information content (AvgIpc) is 3.17. The molecule has 1 fully saturated rings. The minimum Gasteiger partial charge on any atom is -0.365 e. The molecule has 0 radical (unpaired) electrons. The van der Waals surface area contributed by atoms with Crippen LogP contribution in [0.5, 0.6) is 0 Å². The molecular formula is C22H24FN7O. The molecule has 2 aromatic heterocycles. The van der Waals surface area contributed by atoms with Gasteiger partial charge in [0.2, 0.25) is 5.95 Å². The Morgan fingerprint density at radius 2 is 2.06 bits per heavy atom. The van der Waals surface area contributed by atoms with Gasteiger partial charge >= 0.3 is 0 Å². The number of hydrogen-bond donors (Lipinski definition) is 4. The molecule has 8 nitrogen and oxygen atoms in total. The molecule has 9 heteroatoms. The molecule has 3 aromatic rings. The number of nitrogens with zero attached hydrogens (tertiary/aromatic N) is 3. The predicted octanol–water partition coefficient (Wildman–Crippen LogP) is 3.16. The molecule has 0 saturated heterocycles. The van der Waals surface area contributed by atoms with Gasteiger partial charge in [-0.05, 0) is 24.5 Å². The number of benzene rings is 1. The maximum Gasteiger partial charge on any atom is 0.254 e. The second-order valence-corrected chi connectivity index (χ2v) is 7.61. The van der Waals surface area contributed by atoms with Crippen molar-refractivity contribution < 1.29 is 9.18 Å². The maximum atomic E-state index is 13.4. The first-order valence-electron chi connectivity index (χ1n) is 10.1. The standard InChI is InChI=1S/C22H24FN7O/c23-20-11-16(8-9-26-20)28-22-17(21(25)31)13-30(29-22)19-7-6-15(10-18(19)24)27-12-14-4-2-1-3-5-14/h1-5,8-9,11,13,15,19,24,27H,6-7,10,12H2,(H2,25,31)(H,26,28,29)/t15-,19-/m0/s1. The lowest BCUT2D eigenvalue weighted by Crippen LogP contribution is -2.38. The first-order chi connectivity index (χ1) is 15.0. The summed E-state index contributed by atoms with van der Waals surface area (Å²) >= 11 is 0. The molecule has 1 aliphatic rings. The fraction of sp³-hybridized carbons (Fsp3) is 0.273. The van der Waals surface area contributed by atoms with Crippen molar-refractivity contribution in [1.29, 1.82) is 5.41 Å². The van der Waals surface area contributed by atoms with Gasteiger partial charge in [-0.2, -0.15) is 9.49 Å². The zero-order chi connectivity index (χ0) is 21.8. The van der Waals surface area contributed by atoms with Crippen molar-refractivity contribution in [3.8, 4) is 0 Å². The van der Waals surface area contributed by atoms with E-state index in [0.29, 0.717) is 24.2 Å². The molecule has 160 valence electrons. The van der Waals surface area contributed by atoms with Crippen LogP contribution in [-0.2, 0) is 6.54 Å². The molecule has 31 heavy (non-hydrogen) atoms. The van der Waals surface area contributed by atoms with Gasteiger partial charge in [0.05, 0.1) is 6.04 Å². The summed E-state index contributed by atoms with van der Waals surface area (Å²) < 4.78 is 15.0. The number of pyridine rings is 1. The van der Waals surface area contributed by atoms with Gasteiger partial charge < -0.3 is 21.8 Å². The van der Waals surface area contributed by atoms with Crippen molar-refractivity contribution in [1.82, 2.24) is 20.1 Å². The number of primary amides is 1. The molecular weight excluding hydrogens is 397 g/mol. The molecule has 5 N–H and O–H groups in total. The molecule has 1 saturated carbocycles.